The van der Waals surface area contributed by atoms with Gasteiger partial charge in [-0.25, -0.2) is 13.6 Å². The van der Waals surface area contributed by atoms with E-state index in [2.05, 4.69) is 16.5 Å². The van der Waals surface area contributed by atoms with Gasteiger partial charge in [0.1, 0.15) is 17.5 Å². The van der Waals surface area contributed by atoms with E-state index in [1.54, 1.807) is 21.2 Å². The fourth-order valence-electron chi connectivity index (χ4n) is 6.49. The van der Waals surface area contributed by atoms with Gasteiger partial charge in [0.2, 0.25) is 5.91 Å². The van der Waals surface area contributed by atoms with Crippen LogP contribution in [0.5, 0.6) is 0 Å². The molecule has 1 saturated heterocycles. The van der Waals surface area contributed by atoms with E-state index in [1.807, 2.05) is 26.8 Å². The molecule has 204 valence electrons. The summed E-state index contributed by atoms with van der Waals surface area (Å²) in [6.07, 6.45) is 4.54. The van der Waals surface area contributed by atoms with Gasteiger partial charge in [-0.2, -0.15) is 4.98 Å². The van der Waals surface area contributed by atoms with Crippen LogP contribution in [0.4, 0.5) is 14.6 Å². The SMILES string of the molecule is C=CC(=O)N1C[C@H](C)N(c2nc(=O)n3c4c(c(-c5ccc(F)cc5F)c(C)cc24)SCC2(CCC2)C3)C[C@H]1C. The fourth-order valence-corrected chi connectivity index (χ4v) is 8.09. The third-order valence-electron chi connectivity index (χ3n) is 8.74. The third-order valence-corrected chi connectivity index (χ3v) is 10.2. The first kappa shape index (κ1) is 26.0. The number of piperazine rings is 1. The van der Waals surface area contributed by atoms with Crippen molar-refractivity contribution in [2.75, 3.05) is 23.7 Å². The van der Waals surface area contributed by atoms with Crippen LogP contribution in [0.2, 0.25) is 0 Å². The van der Waals surface area contributed by atoms with Gasteiger partial charge in [-0.15, -0.1) is 11.8 Å². The van der Waals surface area contributed by atoms with Gasteiger partial charge >= 0.3 is 5.69 Å². The van der Waals surface area contributed by atoms with Crippen molar-refractivity contribution in [2.24, 2.45) is 5.41 Å². The Kier molecular flexibility index (Phi) is 6.32. The maximum absolute atomic E-state index is 15.2. The van der Waals surface area contributed by atoms with Gasteiger partial charge in [0, 0.05) is 64.9 Å². The summed E-state index contributed by atoms with van der Waals surface area (Å²) < 4.78 is 30.8. The monoisotopic (exact) mass is 550 g/mol. The van der Waals surface area contributed by atoms with Crippen molar-refractivity contribution in [3.05, 3.63) is 64.6 Å². The molecule has 39 heavy (non-hydrogen) atoms. The number of carbonyl (C=O) groups excluding carboxylic acids is 1. The number of halogens is 2. The number of carbonyl (C=O) groups is 1. The molecule has 6 nitrogen and oxygen atoms in total. The molecular weight excluding hydrogens is 518 g/mol. The Labute approximate surface area is 230 Å². The summed E-state index contributed by atoms with van der Waals surface area (Å²) in [5.74, 6) is 0.0669. The van der Waals surface area contributed by atoms with Crippen LogP contribution < -0.4 is 10.6 Å². The number of benzene rings is 2. The number of thioether (sulfide) groups is 1. The standard InChI is InChI=1S/C30H32F2N4O2S/c1-5-24(37)34-13-19(4)35(14-18(34)3)28-22-11-17(2)25(21-8-7-20(31)12-23(21)32)27-26(22)36(29(38)33-28)15-30(16-39-27)9-6-10-30/h5,7-8,11-12,18-19H,1,6,9-10,13-16H2,2-4H3/t18-,19+/m1/s1. The van der Waals surface area contributed by atoms with Gasteiger partial charge in [-0.3, -0.25) is 9.36 Å². The molecule has 3 heterocycles. The Bertz CT molecular complexity index is 1580. The van der Waals surface area contributed by atoms with E-state index in [1.165, 1.54) is 18.2 Å². The van der Waals surface area contributed by atoms with Crippen LogP contribution in [-0.4, -0.2) is 51.3 Å². The topological polar surface area (TPSA) is 58.4 Å². The largest absolute Gasteiger partial charge is 0.350 e. The average molecular weight is 551 g/mol. The number of aromatic nitrogens is 2. The first-order valence-electron chi connectivity index (χ1n) is 13.5. The fraction of sp³-hybridized carbons (Fsp3) is 0.433. The van der Waals surface area contributed by atoms with E-state index in [-0.39, 0.29) is 29.1 Å². The summed E-state index contributed by atoms with van der Waals surface area (Å²) in [5, 5.41) is 0.847. The zero-order chi connectivity index (χ0) is 27.6. The number of hydrogen-bond donors (Lipinski definition) is 0. The maximum atomic E-state index is 15.2. The zero-order valence-corrected chi connectivity index (χ0v) is 23.3. The Hall–Kier alpha value is -3.20. The van der Waals surface area contributed by atoms with Crippen molar-refractivity contribution in [2.45, 2.75) is 63.6 Å². The van der Waals surface area contributed by atoms with Crippen LogP contribution in [0.25, 0.3) is 22.0 Å². The predicted molar refractivity (Wildman–Crippen MR) is 151 cm³/mol. The van der Waals surface area contributed by atoms with Crippen molar-refractivity contribution in [1.82, 2.24) is 14.5 Å². The molecule has 1 amide bonds. The molecule has 0 unspecified atom stereocenters. The van der Waals surface area contributed by atoms with Crippen LogP contribution in [0, 0.1) is 24.0 Å². The number of nitrogens with zero attached hydrogens (tertiary/aromatic N) is 4. The highest BCUT2D eigenvalue weighted by atomic mass is 32.2. The van der Waals surface area contributed by atoms with Crippen molar-refractivity contribution >= 4 is 34.4 Å². The lowest BCUT2D eigenvalue weighted by Gasteiger charge is -2.44. The Morgan fingerprint density at radius 2 is 1.95 bits per heavy atom. The van der Waals surface area contributed by atoms with Gasteiger partial charge < -0.3 is 9.80 Å². The normalized spacial score (nSPS) is 22.1. The van der Waals surface area contributed by atoms with Crippen molar-refractivity contribution < 1.29 is 13.6 Å². The van der Waals surface area contributed by atoms with Gasteiger partial charge in [0.25, 0.3) is 0 Å². The molecular formula is C30H32F2N4O2S. The summed E-state index contributed by atoms with van der Waals surface area (Å²) >= 11 is 1.68. The minimum atomic E-state index is -0.623. The lowest BCUT2D eigenvalue weighted by atomic mass is 9.70. The van der Waals surface area contributed by atoms with Gasteiger partial charge in [-0.1, -0.05) is 13.0 Å². The second kappa shape index (κ2) is 9.47. The molecule has 6 rings (SSSR count). The molecule has 1 spiro atoms. The summed E-state index contributed by atoms with van der Waals surface area (Å²) in [5.41, 5.74) is 2.34. The summed E-state index contributed by atoms with van der Waals surface area (Å²) in [6.45, 7) is 11.2. The first-order chi connectivity index (χ1) is 18.6. The van der Waals surface area contributed by atoms with Crippen LogP contribution >= 0.6 is 11.8 Å². The second-order valence-electron chi connectivity index (χ2n) is 11.4. The van der Waals surface area contributed by atoms with Gasteiger partial charge in [0.05, 0.1) is 5.52 Å². The molecule has 2 aromatic carbocycles. The maximum Gasteiger partial charge on any atom is 0.350 e. The summed E-state index contributed by atoms with van der Waals surface area (Å²) in [7, 11) is 0. The molecule has 3 aliphatic rings. The smallest absolute Gasteiger partial charge is 0.349 e. The minimum absolute atomic E-state index is 0.00857. The van der Waals surface area contributed by atoms with Crippen LogP contribution in [0.1, 0.15) is 38.7 Å². The van der Waals surface area contributed by atoms with E-state index in [0.29, 0.717) is 36.6 Å². The molecule has 0 bridgehead atoms. The number of rotatable bonds is 3. The van der Waals surface area contributed by atoms with E-state index in [4.69, 9.17) is 0 Å². The van der Waals surface area contributed by atoms with Crippen LogP contribution in [0.15, 0.2) is 46.6 Å². The van der Waals surface area contributed by atoms with Crippen LogP contribution in [-0.2, 0) is 11.3 Å². The highest BCUT2D eigenvalue weighted by molar-refractivity contribution is 7.99. The quantitative estimate of drug-likeness (QED) is 0.401. The zero-order valence-electron chi connectivity index (χ0n) is 22.5. The first-order valence-corrected chi connectivity index (χ1v) is 14.5. The van der Waals surface area contributed by atoms with Crippen molar-refractivity contribution in [3.8, 4) is 11.1 Å². The summed E-state index contributed by atoms with van der Waals surface area (Å²) in [6, 6.07) is 5.50. The third kappa shape index (κ3) is 4.17. The predicted octanol–water partition coefficient (Wildman–Crippen LogP) is 5.54. The van der Waals surface area contributed by atoms with E-state index >= 15 is 4.39 Å². The Morgan fingerprint density at radius 3 is 2.62 bits per heavy atom. The molecule has 3 aromatic rings. The molecule has 1 aromatic heterocycles. The lowest BCUT2D eigenvalue weighted by Crippen LogP contribution is -2.58. The van der Waals surface area contributed by atoms with E-state index in [9.17, 15) is 14.0 Å². The molecule has 1 saturated carbocycles. The molecule has 2 atom stereocenters. The summed E-state index contributed by atoms with van der Waals surface area (Å²) in [4.78, 5) is 35.6. The van der Waals surface area contributed by atoms with Gasteiger partial charge in [0.15, 0.2) is 0 Å². The van der Waals surface area contributed by atoms with Crippen molar-refractivity contribution in [3.63, 3.8) is 0 Å². The molecule has 0 radical (unpaired) electrons. The van der Waals surface area contributed by atoms with E-state index in [0.717, 1.165) is 52.4 Å². The average Bonchev–Trinajstić information content (AvgIpc) is 3.06. The molecule has 2 aliphatic heterocycles. The molecule has 1 aliphatic carbocycles. The highest BCUT2D eigenvalue weighted by Crippen LogP contribution is 2.52. The van der Waals surface area contributed by atoms with Crippen molar-refractivity contribution in [1.29, 1.82) is 0 Å². The van der Waals surface area contributed by atoms with E-state index < -0.39 is 11.6 Å². The number of amides is 1. The van der Waals surface area contributed by atoms with Gasteiger partial charge in [-0.05, 0) is 68.9 Å². The molecule has 9 heteroatoms. The molecule has 2 fully saturated rings. The minimum Gasteiger partial charge on any atom is -0.349 e. The molecule has 0 N–H and O–H groups in total. The van der Waals surface area contributed by atoms with Crippen LogP contribution in [0.3, 0.4) is 0 Å². The Balaban J connectivity index is 1.59. The number of hydrogen-bond acceptors (Lipinski definition) is 5. The highest BCUT2D eigenvalue weighted by Gasteiger charge is 2.41. The Morgan fingerprint density at radius 1 is 1.18 bits per heavy atom. The number of aryl methyl sites for hydroxylation is 1. The lowest BCUT2D eigenvalue weighted by molar-refractivity contribution is -0.128. The number of anilines is 1. The second-order valence-corrected chi connectivity index (χ2v) is 12.4.